The average molecular weight is 642 g/mol. The molecule has 5 rings (SSSR count). The minimum Gasteiger partial charge on any atom is -0.481 e. The van der Waals surface area contributed by atoms with Gasteiger partial charge in [0.25, 0.3) is 0 Å². The summed E-state index contributed by atoms with van der Waals surface area (Å²) < 4.78 is 47.5. The number of halogens is 2. The van der Waals surface area contributed by atoms with Crippen LogP contribution in [0.15, 0.2) is 50.5 Å². The highest BCUT2D eigenvalue weighted by atomic mass is 79.9. The molecule has 1 saturated heterocycles. The van der Waals surface area contributed by atoms with E-state index in [-0.39, 0.29) is 41.9 Å². The number of ether oxygens (including phenoxy) is 1. The number of methoxy groups -OCH3 is 1. The molecule has 0 radical (unpaired) electrons. The van der Waals surface area contributed by atoms with Crippen LogP contribution in [-0.4, -0.2) is 66.0 Å². The van der Waals surface area contributed by atoms with Crippen LogP contribution in [0, 0.1) is 17.7 Å². The Morgan fingerprint density at radius 1 is 1.26 bits per heavy atom. The van der Waals surface area contributed by atoms with Crippen molar-refractivity contribution in [3.63, 3.8) is 0 Å². The van der Waals surface area contributed by atoms with Gasteiger partial charge in [-0.1, -0.05) is 12.1 Å². The predicted molar refractivity (Wildman–Crippen MR) is 145 cm³/mol. The Balaban J connectivity index is 1.46. The number of carbonyl (C=O) groups is 2. The molecule has 1 unspecified atom stereocenters. The van der Waals surface area contributed by atoms with Gasteiger partial charge >= 0.3 is 11.9 Å². The Morgan fingerprint density at radius 2 is 1.97 bits per heavy atom. The zero-order valence-electron chi connectivity index (χ0n) is 20.8. The number of allylic oxidation sites excluding steroid dienone is 1. The minimum absolute atomic E-state index is 0.120. The van der Waals surface area contributed by atoms with Crippen molar-refractivity contribution in [1.82, 2.24) is 14.6 Å². The molecule has 3 aliphatic rings. The third-order valence-corrected chi connectivity index (χ3v) is 11.4. The number of carboxylic acid groups (broad SMARTS) is 1. The van der Waals surface area contributed by atoms with E-state index in [1.54, 1.807) is 23.7 Å². The summed E-state index contributed by atoms with van der Waals surface area (Å²) in [5.41, 5.74) is 1.23. The second-order valence-electron chi connectivity index (χ2n) is 9.65. The van der Waals surface area contributed by atoms with Crippen molar-refractivity contribution >= 4 is 55.1 Å². The lowest BCUT2D eigenvalue weighted by Crippen LogP contribution is -2.50. The predicted octanol–water partition coefficient (Wildman–Crippen LogP) is 3.47. The molecule has 0 amide bonds. The first-order valence-electron chi connectivity index (χ1n) is 12.3. The Hall–Kier alpha value is -2.68. The van der Waals surface area contributed by atoms with Crippen LogP contribution in [0.4, 0.5) is 4.39 Å². The number of aliphatic imine (C=N–C) groups is 1. The maximum atomic E-state index is 14.5. The standard InChI is InChI=1S/C25H26BrFN4O6S2/c1-37-25(34)18-20(13-5-8-31(9-6-13)39(35,36)15-11-14(12-15)24(32)33)29-22(23-28-7-10-38-23)30-21(18)16-3-2-4-17(27)19(16)26/h2-4,7,10,13-15,21H,5-6,8-9,11-12H2,1H3,(H,29,30)(H,32,33)/t14-,15-,21?. The fourth-order valence-corrected chi connectivity index (χ4v) is 8.41. The number of hydrogen-bond donors (Lipinski definition) is 2. The number of carbonyl (C=O) groups excluding carboxylic acids is 1. The first-order chi connectivity index (χ1) is 18.6. The summed E-state index contributed by atoms with van der Waals surface area (Å²) >= 11 is 4.66. The summed E-state index contributed by atoms with van der Waals surface area (Å²) in [6.07, 6.45) is 2.71. The number of nitrogens with one attached hydrogen (secondary N) is 1. The molecular formula is C25H26BrFN4O6S2. The molecule has 1 aliphatic carbocycles. The second kappa shape index (κ2) is 11.1. The van der Waals surface area contributed by atoms with Gasteiger partial charge in [-0.15, -0.1) is 11.3 Å². The van der Waals surface area contributed by atoms with Crippen molar-refractivity contribution < 1.29 is 32.2 Å². The zero-order valence-corrected chi connectivity index (χ0v) is 24.1. The zero-order chi connectivity index (χ0) is 27.9. The van der Waals surface area contributed by atoms with Gasteiger partial charge in [0.05, 0.1) is 28.3 Å². The fraction of sp³-hybridized carbons (Fsp3) is 0.440. The van der Waals surface area contributed by atoms with Crippen LogP contribution < -0.4 is 5.32 Å². The number of carboxylic acids is 1. The minimum atomic E-state index is -3.63. The number of sulfonamides is 1. The molecule has 2 aliphatic heterocycles. The largest absolute Gasteiger partial charge is 0.481 e. The summed E-state index contributed by atoms with van der Waals surface area (Å²) in [4.78, 5) is 33.4. The topological polar surface area (TPSA) is 138 Å². The van der Waals surface area contributed by atoms with Crippen LogP contribution in [0.2, 0.25) is 0 Å². The third-order valence-electron chi connectivity index (χ3n) is 7.48. The molecule has 14 heteroatoms. The fourth-order valence-electron chi connectivity index (χ4n) is 5.25. The number of thiazole rings is 1. The van der Waals surface area contributed by atoms with Crippen LogP contribution in [0.3, 0.4) is 0 Å². The van der Waals surface area contributed by atoms with E-state index < -0.39 is 45.0 Å². The smallest absolute Gasteiger partial charge is 0.338 e. The van der Waals surface area contributed by atoms with Crippen LogP contribution in [0.25, 0.3) is 0 Å². The summed E-state index contributed by atoms with van der Waals surface area (Å²) in [7, 11) is -2.36. The highest BCUT2D eigenvalue weighted by Gasteiger charge is 2.46. The van der Waals surface area contributed by atoms with E-state index in [1.807, 2.05) is 0 Å². The van der Waals surface area contributed by atoms with Crippen LogP contribution >= 0.6 is 27.3 Å². The maximum absolute atomic E-state index is 14.5. The molecular weight excluding hydrogens is 615 g/mol. The lowest BCUT2D eigenvalue weighted by Gasteiger charge is -2.40. The summed E-state index contributed by atoms with van der Waals surface area (Å²) in [5, 5.41) is 14.1. The summed E-state index contributed by atoms with van der Waals surface area (Å²) in [6, 6.07) is 3.65. The molecule has 1 aromatic carbocycles. The molecule has 0 bridgehead atoms. The first-order valence-corrected chi connectivity index (χ1v) is 15.5. The van der Waals surface area contributed by atoms with E-state index in [9.17, 15) is 22.4 Å². The number of benzene rings is 1. The molecule has 3 heterocycles. The van der Waals surface area contributed by atoms with E-state index in [4.69, 9.17) is 14.8 Å². The van der Waals surface area contributed by atoms with Gasteiger partial charge in [-0.25, -0.2) is 26.9 Å². The van der Waals surface area contributed by atoms with Crippen LogP contribution in [0.5, 0.6) is 0 Å². The summed E-state index contributed by atoms with van der Waals surface area (Å²) in [5.74, 6) is -2.52. The molecule has 2 N–H and O–H groups in total. The number of aromatic nitrogens is 1. The molecule has 208 valence electrons. The molecule has 2 fully saturated rings. The van der Waals surface area contributed by atoms with E-state index in [1.165, 1.54) is 28.8 Å². The highest BCUT2D eigenvalue weighted by molar-refractivity contribution is 9.10. The van der Waals surface area contributed by atoms with Gasteiger partial charge < -0.3 is 15.2 Å². The van der Waals surface area contributed by atoms with E-state index >= 15 is 0 Å². The lowest BCUT2D eigenvalue weighted by atomic mass is 9.85. The number of esters is 1. The van der Waals surface area contributed by atoms with Gasteiger partial charge in [-0.05, 0) is 53.2 Å². The van der Waals surface area contributed by atoms with Crippen molar-refractivity contribution in [2.45, 2.75) is 37.0 Å². The quantitative estimate of drug-likeness (QED) is 0.439. The van der Waals surface area contributed by atoms with Gasteiger partial charge in [0.1, 0.15) is 11.9 Å². The van der Waals surface area contributed by atoms with Gasteiger partial charge in [0.2, 0.25) is 10.0 Å². The Kier molecular flexibility index (Phi) is 7.91. The van der Waals surface area contributed by atoms with Crippen molar-refractivity contribution in [2.75, 3.05) is 20.2 Å². The molecule has 1 atom stereocenters. The number of nitrogens with zero attached hydrogens (tertiary/aromatic N) is 3. The van der Waals surface area contributed by atoms with Gasteiger partial charge in [-0.3, -0.25) is 9.79 Å². The monoisotopic (exact) mass is 640 g/mol. The SMILES string of the molecule is COC(=O)C1=C(C2CCN(S(=O)(=O)[C@H]3C[C@H](C(=O)O)C3)CC2)NC(c2nccs2)=NC1c1cccc(F)c1Br. The molecule has 2 aromatic rings. The number of piperidine rings is 1. The van der Waals surface area contributed by atoms with E-state index in [0.717, 1.165) is 0 Å². The lowest BCUT2D eigenvalue weighted by molar-refractivity contribution is -0.144. The number of rotatable bonds is 7. The van der Waals surface area contributed by atoms with Gasteiger partial charge in [0, 0.05) is 36.3 Å². The number of hydrogen-bond acceptors (Lipinski definition) is 9. The molecule has 1 saturated carbocycles. The summed E-state index contributed by atoms with van der Waals surface area (Å²) in [6.45, 7) is 0.442. The van der Waals surface area contributed by atoms with Gasteiger partial charge in [0.15, 0.2) is 10.8 Å². The second-order valence-corrected chi connectivity index (χ2v) is 13.6. The van der Waals surface area contributed by atoms with E-state index in [2.05, 4.69) is 26.2 Å². The van der Waals surface area contributed by atoms with Crippen LogP contribution in [-0.2, 0) is 24.3 Å². The van der Waals surface area contributed by atoms with Crippen molar-refractivity contribution in [3.8, 4) is 0 Å². The number of aliphatic carboxylic acids is 1. The van der Waals surface area contributed by atoms with Crippen molar-refractivity contribution in [2.24, 2.45) is 16.8 Å². The Bertz CT molecular complexity index is 1450. The van der Waals surface area contributed by atoms with Crippen molar-refractivity contribution in [1.29, 1.82) is 0 Å². The molecule has 0 spiro atoms. The Morgan fingerprint density at radius 3 is 2.59 bits per heavy atom. The first kappa shape index (κ1) is 27.9. The highest BCUT2D eigenvalue weighted by Crippen LogP contribution is 2.41. The molecule has 1 aromatic heterocycles. The third kappa shape index (κ3) is 5.26. The normalized spacial score (nSPS) is 24.5. The Labute approximate surface area is 237 Å². The number of amidine groups is 1. The van der Waals surface area contributed by atoms with Crippen molar-refractivity contribution in [3.05, 3.63) is 61.9 Å². The van der Waals surface area contributed by atoms with Gasteiger partial charge in [-0.2, -0.15) is 0 Å². The van der Waals surface area contributed by atoms with E-state index in [0.29, 0.717) is 34.9 Å². The van der Waals surface area contributed by atoms with Crippen LogP contribution in [0.1, 0.15) is 42.3 Å². The maximum Gasteiger partial charge on any atom is 0.338 e. The average Bonchev–Trinajstić information content (AvgIpc) is 3.43. The molecule has 39 heavy (non-hydrogen) atoms. The molecule has 10 nitrogen and oxygen atoms in total.